The van der Waals surface area contributed by atoms with Gasteiger partial charge >= 0.3 is 11.9 Å². The molecule has 1 atom stereocenters. The van der Waals surface area contributed by atoms with E-state index in [1.54, 1.807) is 0 Å². The molecule has 0 saturated carbocycles. The lowest BCUT2D eigenvalue weighted by Crippen LogP contribution is -2.30. The van der Waals surface area contributed by atoms with Crippen LogP contribution in [0.2, 0.25) is 0 Å². The maximum atomic E-state index is 12.8. The van der Waals surface area contributed by atoms with E-state index in [2.05, 4.69) is 81.5 Å². The van der Waals surface area contributed by atoms with E-state index >= 15 is 0 Å². The van der Waals surface area contributed by atoms with Gasteiger partial charge in [-0.15, -0.1) is 0 Å². The summed E-state index contributed by atoms with van der Waals surface area (Å²) in [4.78, 5) is 25.4. The SMILES string of the molecule is CCC/C=C\C/C=C\CCCCCCCC(=O)OC(COCCCCCCCC/C=C\CCCCCCCC)COC(=O)CCCCCCC/C=C\C/C=C\CCCCC. The first kappa shape index (κ1) is 57.6. The van der Waals surface area contributed by atoms with Crippen LogP contribution >= 0.6 is 0 Å². The van der Waals surface area contributed by atoms with Crippen molar-refractivity contribution in [1.29, 1.82) is 0 Å². The Bertz CT molecular complexity index is 1040. The summed E-state index contributed by atoms with van der Waals surface area (Å²) < 4.78 is 17.4. The molecule has 0 N–H and O–H groups in total. The van der Waals surface area contributed by atoms with Gasteiger partial charge in [-0.2, -0.15) is 0 Å². The second kappa shape index (κ2) is 51.0. The Balaban J connectivity index is 4.31. The highest BCUT2D eigenvalue weighted by molar-refractivity contribution is 5.70. The van der Waals surface area contributed by atoms with Crippen LogP contribution in [0.4, 0.5) is 0 Å². The van der Waals surface area contributed by atoms with Gasteiger partial charge in [0.2, 0.25) is 0 Å². The molecule has 0 aromatic heterocycles. The van der Waals surface area contributed by atoms with Crippen molar-refractivity contribution >= 4 is 11.9 Å². The predicted octanol–water partition coefficient (Wildman–Crippen LogP) is 17.3. The van der Waals surface area contributed by atoms with Gasteiger partial charge in [-0.25, -0.2) is 0 Å². The van der Waals surface area contributed by atoms with Crippen molar-refractivity contribution in [2.24, 2.45) is 0 Å². The number of hydrogen-bond donors (Lipinski definition) is 0. The molecule has 0 aliphatic rings. The Kier molecular flexibility index (Phi) is 48.9. The van der Waals surface area contributed by atoms with Crippen LogP contribution < -0.4 is 0 Å². The van der Waals surface area contributed by atoms with Gasteiger partial charge in [-0.3, -0.25) is 9.59 Å². The fraction of sp³-hybridized carbons (Fsp3) is 0.782. The van der Waals surface area contributed by atoms with Gasteiger partial charge in [0.1, 0.15) is 6.61 Å². The van der Waals surface area contributed by atoms with Gasteiger partial charge in [-0.1, -0.05) is 197 Å². The Labute approximate surface area is 373 Å². The highest BCUT2D eigenvalue weighted by Crippen LogP contribution is 2.13. The monoisotopic (exact) mass is 839 g/mol. The van der Waals surface area contributed by atoms with Crippen molar-refractivity contribution in [3.63, 3.8) is 0 Å². The number of rotatable bonds is 47. The van der Waals surface area contributed by atoms with Crippen LogP contribution in [-0.4, -0.2) is 37.9 Å². The fourth-order valence-corrected chi connectivity index (χ4v) is 7.10. The lowest BCUT2D eigenvalue weighted by Gasteiger charge is -2.18. The van der Waals surface area contributed by atoms with E-state index < -0.39 is 6.10 Å². The van der Waals surface area contributed by atoms with Gasteiger partial charge in [-0.05, 0) is 103 Å². The number of esters is 2. The molecule has 348 valence electrons. The van der Waals surface area contributed by atoms with Crippen LogP contribution in [-0.2, 0) is 23.8 Å². The highest BCUT2D eigenvalue weighted by Gasteiger charge is 2.17. The topological polar surface area (TPSA) is 61.8 Å². The second-order valence-electron chi connectivity index (χ2n) is 17.1. The molecule has 0 amide bonds. The van der Waals surface area contributed by atoms with Crippen LogP contribution in [0.1, 0.15) is 252 Å². The summed E-state index contributed by atoms with van der Waals surface area (Å²) in [5, 5.41) is 0. The molecule has 0 aliphatic carbocycles. The standard InChI is InChI=1S/C55H98O5/c1-4-7-10-13-16-19-22-25-27-29-32-35-38-41-44-47-50-58-51-53(60-55(57)49-46-43-40-37-34-30-24-21-18-15-12-9-6-3)52-59-54(56)48-45-42-39-36-33-31-28-26-23-20-17-14-11-8-5-2/h12,15,17,20-21,24-28,53H,4-11,13-14,16,18-19,22-23,29-52H2,1-3H3/b15-12-,20-17-,24-21-,27-25-,28-26-. The summed E-state index contributed by atoms with van der Waals surface area (Å²) >= 11 is 0. The molecular weight excluding hydrogens is 741 g/mol. The third kappa shape index (κ3) is 48.3. The van der Waals surface area contributed by atoms with Crippen molar-refractivity contribution in [2.75, 3.05) is 19.8 Å². The summed E-state index contributed by atoms with van der Waals surface area (Å²) in [7, 11) is 0. The molecule has 0 rings (SSSR count). The average molecular weight is 839 g/mol. The summed E-state index contributed by atoms with van der Waals surface area (Å²) in [5.74, 6) is -0.428. The Hall–Kier alpha value is -2.40. The largest absolute Gasteiger partial charge is 0.462 e. The van der Waals surface area contributed by atoms with Gasteiger partial charge in [0, 0.05) is 19.4 Å². The molecule has 1 unspecified atom stereocenters. The lowest BCUT2D eigenvalue weighted by atomic mass is 10.1. The first-order valence-electron chi connectivity index (χ1n) is 25.8. The van der Waals surface area contributed by atoms with Crippen molar-refractivity contribution in [2.45, 2.75) is 258 Å². The second-order valence-corrected chi connectivity index (χ2v) is 17.1. The van der Waals surface area contributed by atoms with Gasteiger partial charge in [0.05, 0.1) is 6.61 Å². The molecular formula is C55H98O5. The van der Waals surface area contributed by atoms with Crippen LogP contribution in [0.5, 0.6) is 0 Å². The van der Waals surface area contributed by atoms with Gasteiger partial charge in [0.25, 0.3) is 0 Å². The van der Waals surface area contributed by atoms with E-state index in [0.29, 0.717) is 19.4 Å². The molecule has 0 radical (unpaired) electrons. The van der Waals surface area contributed by atoms with Crippen LogP contribution in [0.25, 0.3) is 0 Å². The molecule has 0 aromatic rings. The molecule has 0 saturated heterocycles. The van der Waals surface area contributed by atoms with Crippen molar-refractivity contribution in [3.05, 3.63) is 60.8 Å². The minimum Gasteiger partial charge on any atom is -0.462 e. The zero-order chi connectivity index (χ0) is 43.5. The highest BCUT2D eigenvalue weighted by atomic mass is 16.6. The number of allylic oxidation sites excluding steroid dienone is 10. The van der Waals surface area contributed by atoms with E-state index in [9.17, 15) is 9.59 Å². The molecule has 60 heavy (non-hydrogen) atoms. The van der Waals surface area contributed by atoms with E-state index in [4.69, 9.17) is 14.2 Å². The van der Waals surface area contributed by atoms with Gasteiger partial charge < -0.3 is 14.2 Å². The first-order valence-corrected chi connectivity index (χ1v) is 25.8. The molecule has 0 aromatic carbocycles. The third-order valence-corrected chi connectivity index (χ3v) is 11.0. The van der Waals surface area contributed by atoms with Crippen molar-refractivity contribution in [3.8, 4) is 0 Å². The van der Waals surface area contributed by atoms with Crippen LogP contribution in [0, 0.1) is 0 Å². The predicted molar refractivity (Wildman–Crippen MR) is 261 cm³/mol. The Morgan fingerprint density at radius 3 is 1.22 bits per heavy atom. The van der Waals surface area contributed by atoms with E-state index in [1.807, 2.05) is 0 Å². The smallest absolute Gasteiger partial charge is 0.306 e. The van der Waals surface area contributed by atoms with E-state index in [0.717, 1.165) is 77.0 Å². The molecule has 0 spiro atoms. The zero-order valence-electron chi connectivity index (χ0n) is 40.0. The van der Waals surface area contributed by atoms with E-state index in [-0.39, 0.29) is 25.2 Å². The summed E-state index contributed by atoms with van der Waals surface area (Å²) in [6.45, 7) is 7.71. The quantitative estimate of drug-likeness (QED) is 0.0347. The number of carbonyl (C=O) groups is 2. The summed E-state index contributed by atoms with van der Waals surface area (Å²) in [5.41, 5.74) is 0. The van der Waals surface area contributed by atoms with Crippen molar-refractivity contribution in [1.82, 2.24) is 0 Å². The molecule has 0 fully saturated rings. The molecule has 0 heterocycles. The molecule has 5 heteroatoms. The van der Waals surface area contributed by atoms with Crippen LogP contribution in [0.3, 0.4) is 0 Å². The van der Waals surface area contributed by atoms with Crippen LogP contribution in [0.15, 0.2) is 60.8 Å². The van der Waals surface area contributed by atoms with E-state index in [1.165, 1.54) is 141 Å². The lowest BCUT2D eigenvalue weighted by molar-refractivity contribution is -0.163. The third-order valence-electron chi connectivity index (χ3n) is 11.0. The minimum absolute atomic E-state index is 0.0696. The zero-order valence-corrected chi connectivity index (χ0v) is 40.0. The Morgan fingerprint density at radius 2 is 0.733 bits per heavy atom. The normalized spacial score (nSPS) is 12.7. The number of hydrogen-bond acceptors (Lipinski definition) is 5. The Morgan fingerprint density at radius 1 is 0.367 bits per heavy atom. The van der Waals surface area contributed by atoms with Crippen molar-refractivity contribution < 1.29 is 23.8 Å². The maximum absolute atomic E-state index is 12.8. The number of carbonyl (C=O) groups excluding carboxylic acids is 2. The molecule has 0 aliphatic heterocycles. The fourth-order valence-electron chi connectivity index (χ4n) is 7.10. The average Bonchev–Trinajstić information content (AvgIpc) is 3.25. The first-order chi connectivity index (χ1) is 29.6. The minimum atomic E-state index is -0.552. The van der Waals surface area contributed by atoms with Gasteiger partial charge in [0.15, 0.2) is 6.10 Å². The molecule has 0 bridgehead atoms. The molecule has 5 nitrogen and oxygen atoms in total. The maximum Gasteiger partial charge on any atom is 0.306 e. The number of unbranched alkanes of at least 4 members (excludes halogenated alkanes) is 26. The number of ether oxygens (including phenoxy) is 3. The summed E-state index contributed by atoms with van der Waals surface area (Å²) in [6, 6.07) is 0. The summed E-state index contributed by atoms with van der Waals surface area (Å²) in [6.07, 6.45) is 63.6.